The van der Waals surface area contributed by atoms with Gasteiger partial charge < -0.3 is 5.11 Å². The third-order valence-corrected chi connectivity index (χ3v) is 3.20. The fraction of sp³-hybridized carbons (Fsp3) is 0. The highest BCUT2D eigenvalue weighted by molar-refractivity contribution is 6.34. The van der Waals surface area contributed by atoms with E-state index in [4.69, 9.17) is 34.8 Å². The molecule has 0 unspecified atom stereocenters. The molecule has 2 aromatic rings. The van der Waals surface area contributed by atoms with Crippen LogP contribution in [0.2, 0.25) is 15.1 Å². The van der Waals surface area contributed by atoms with Crippen LogP contribution in [0.5, 0.6) is 5.75 Å². The van der Waals surface area contributed by atoms with Gasteiger partial charge >= 0.3 is 0 Å². The lowest BCUT2D eigenvalue weighted by molar-refractivity contribution is 0.474. The van der Waals surface area contributed by atoms with Crippen LogP contribution in [0.15, 0.2) is 36.4 Å². The van der Waals surface area contributed by atoms with Crippen molar-refractivity contribution in [2.75, 3.05) is 0 Å². The highest BCUT2D eigenvalue weighted by Gasteiger charge is 2.00. The van der Waals surface area contributed by atoms with Gasteiger partial charge in [-0.3, -0.25) is 0 Å². The molecule has 0 radical (unpaired) electrons. The maximum atomic E-state index is 9.67. The lowest BCUT2D eigenvalue weighted by Crippen LogP contribution is -1.77. The summed E-state index contributed by atoms with van der Waals surface area (Å²) in [4.78, 5) is 0. The number of hydrogen-bond donors (Lipinski definition) is 1. The summed E-state index contributed by atoms with van der Waals surface area (Å²) in [5.41, 5.74) is 1.40. The standard InChI is InChI=1S/C14H9Cl3O/c15-11-3-5-13(17)9(7-11)1-2-10-8-12(16)4-6-14(10)18/h1-8,18H. The quantitative estimate of drug-likeness (QED) is 0.724. The van der Waals surface area contributed by atoms with Gasteiger partial charge in [-0.05, 0) is 42.0 Å². The minimum atomic E-state index is 0.161. The van der Waals surface area contributed by atoms with Crippen LogP contribution in [0.3, 0.4) is 0 Å². The zero-order valence-corrected chi connectivity index (χ0v) is 11.5. The Hall–Kier alpha value is -1.15. The van der Waals surface area contributed by atoms with Crippen LogP contribution in [0, 0.1) is 0 Å². The first kappa shape index (κ1) is 13.3. The minimum Gasteiger partial charge on any atom is -0.507 e. The predicted octanol–water partition coefficient (Wildman–Crippen LogP) is 5.52. The molecular formula is C14H9Cl3O. The van der Waals surface area contributed by atoms with Crippen molar-refractivity contribution in [1.82, 2.24) is 0 Å². The van der Waals surface area contributed by atoms with E-state index in [1.165, 1.54) is 0 Å². The summed E-state index contributed by atoms with van der Waals surface area (Å²) in [5, 5.41) is 11.4. The lowest BCUT2D eigenvalue weighted by Gasteiger charge is -2.01. The van der Waals surface area contributed by atoms with Gasteiger partial charge in [0.05, 0.1) is 0 Å². The van der Waals surface area contributed by atoms with E-state index in [1.807, 2.05) is 0 Å². The molecule has 0 atom stereocenters. The summed E-state index contributed by atoms with van der Waals surface area (Å²) in [6, 6.07) is 10.0. The van der Waals surface area contributed by atoms with Crippen molar-refractivity contribution in [2.24, 2.45) is 0 Å². The fourth-order valence-corrected chi connectivity index (χ4v) is 2.02. The monoisotopic (exact) mass is 298 g/mol. The van der Waals surface area contributed by atoms with Gasteiger partial charge in [0.2, 0.25) is 0 Å². The molecule has 2 rings (SSSR count). The van der Waals surface area contributed by atoms with Gasteiger partial charge in [0.15, 0.2) is 0 Å². The van der Waals surface area contributed by atoms with Gasteiger partial charge in [-0.2, -0.15) is 0 Å². The van der Waals surface area contributed by atoms with Crippen LogP contribution in [-0.2, 0) is 0 Å². The molecule has 0 spiro atoms. The number of phenols is 1. The van der Waals surface area contributed by atoms with Crippen molar-refractivity contribution in [3.63, 3.8) is 0 Å². The number of aromatic hydroxyl groups is 1. The summed E-state index contributed by atoms with van der Waals surface area (Å²) in [6.45, 7) is 0. The molecular weight excluding hydrogens is 291 g/mol. The maximum Gasteiger partial charge on any atom is 0.122 e. The van der Waals surface area contributed by atoms with Crippen molar-refractivity contribution < 1.29 is 5.11 Å². The Labute approximate surface area is 120 Å². The van der Waals surface area contributed by atoms with Crippen LogP contribution in [0.4, 0.5) is 0 Å². The van der Waals surface area contributed by atoms with Crippen LogP contribution in [0.1, 0.15) is 11.1 Å². The van der Waals surface area contributed by atoms with Crippen LogP contribution in [0.25, 0.3) is 12.2 Å². The Kier molecular flexibility index (Phi) is 4.18. The Bertz CT molecular complexity index is 552. The number of benzene rings is 2. The predicted molar refractivity (Wildman–Crippen MR) is 78.5 cm³/mol. The third kappa shape index (κ3) is 3.20. The normalized spacial score (nSPS) is 11.1. The van der Waals surface area contributed by atoms with Gasteiger partial charge in [-0.25, -0.2) is 0 Å². The molecule has 2 aromatic carbocycles. The molecule has 1 nitrogen and oxygen atoms in total. The zero-order chi connectivity index (χ0) is 13.1. The molecule has 1 N–H and O–H groups in total. The molecule has 18 heavy (non-hydrogen) atoms. The maximum absolute atomic E-state index is 9.67. The number of hydrogen-bond acceptors (Lipinski definition) is 1. The molecule has 0 aliphatic heterocycles. The second-order valence-corrected chi connectivity index (χ2v) is 4.98. The molecule has 0 saturated carbocycles. The smallest absolute Gasteiger partial charge is 0.122 e. The molecule has 0 aliphatic carbocycles. The molecule has 0 fully saturated rings. The van der Waals surface area contributed by atoms with E-state index in [2.05, 4.69) is 0 Å². The van der Waals surface area contributed by atoms with Crippen molar-refractivity contribution in [2.45, 2.75) is 0 Å². The van der Waals surface area contributed by atoms with Gasteiger partial charge in [-0.15, -0.1) is 0 Å². The van der Waals surface area contributed by atoms with Crippen molar-refractivity contribution in [3.8, 4) is 5.75 Å². The highest BCUT2D eigenvalue weighted by atomic mass is 35.5. The average molecular weight is 300 g/mol. The Morgan fingerprint density at radius 1 is 0.778 bits per heavy atom. The Morgan fingerprint density at radius 2 is 1.33 bits per heavy atom. The fourth-order valence-electron chi connectivity index (χ4n) is 1.48. The average Bonchev–Trinajstić information content (AvgIpc) is 2.34. The first-order valence-corrected chi connectivity index (χ1v) is 6.31. The number of halogens is 3. The second kappa shape index (κ2) is 5.66. The SMILES string of the molecule is Oc1ccc(Cl)cc1C=Cc1cc(Cl)ccc1Cl. The molecule has 0 heterocycles. The molecule has 0 aliphatic rings. The van der Waals surface area contributed by atoms with Crippen LogP contribution < -0.4 is 0 Å². The van der Waals surface area contributed by atoms with Crippen molar-refractivity contribution in [1.29, 1.82) is 0 Å². The lowest BCUT2D eigenvalue weighted by atomic mass is 10.1. The number of rotatable bonds is 2. The molecule has 0 bridgehead atoms. The van der Waals surface area contributed by atoms with Gasteiger partial charge in [-0.1, -0.05) is 47.0 Å². The van der Waals surface area contributed by atoms with E-state index in [0.29, 0.717) is 20.6 Å². The van der Waals surface area contributed by atoms with E-state index in [-0.39, 0.29) is 5.75 Å². The minimum absolute atomic E-state index is 0.161. The van der Waals surface area contributed by atoms with E-state index < -0.39 is 0 Å². The summed E-state index contributed by atoms with van der Waals surface area (Å²) in [7, 11) is 0. The van der Waals surface area contributed by atoms with E-state index >= 15 is 0 Å². The summed E-state index contributed by atoms with van der Waals surface area (Å²) < 4.78 is 0. The van der Waals surface area contributed by atoms with Crippen molar-refractivity contribution >= 4 is 47.0 Å². The largest absolute Gasteiger partial charge is 0.507 e. The van der Waals surface area contributed by atoms with E-state index in [1.54, 1.807) is 48.6 Å². The Balaban J connectivity index is 2.35. The summed E-state index contributed by atoms with van der Waals surface area (Å²) in [6.07, 6.45) is 3.51. The van der Waals surface area contributed by atoms with Gasteiger partial charge in [0, 0.05) is 20.6 Å². The van der Waals surface area contributed by atoms with E-state index in [9.17, 15) is 5.11 Å². The summed E-state index contributed by atoms with van der Waals surface area (Å²) in [5.74, 6) is 0.161. The van der Waals surface area contributed by atoms with Crippen molar-refractivity contribution in [3.05, 3.63) is 62.6 Å². The number of phenolic OH excluding ortho intramolecular Hbond substituents is 1. The molecule has 0 amide bonds. The highest BCUT2D eigenvalue weighted by Crippen LogP contribution is 2.26. The second-order valence-electron chi connectivity index (χ2n) is 3.70. The van der Waals surface area contributed by atoms with E-state index in [0.717, 1.165) is 5.56 Å². The Morgan fingerprint density at radius 3 is 2.06 bits per heavy atom. The molecule has 4 heteroatoms. The van der Waals surface area contributed by atoms with Crippen LogP contribution in [-0.4, -0.2) is 5.11 Å². The van der Waals surface area contributed by atoms with Crippen LogP contribution >= 0.6 is 34.8 Å². The van der Waals surface area contributed by atoms with Gasteiger partial charge in [0.25, 0.3) is 0 Å². The third-order valence-electron chi connectivity index (χ3n) is 2.39. The zero-order valence-electron chi connectivity index (χ0n) is 9.20. The molecule has 0 aromatic heterocycles. The first-order chi connectivity index (χ1) is 8.56. The molecule has 0 saturated heterocycles. The summed E-state index contributed by atoms with van der Waals surface area (Å²) >= 11 is 17.8. The first-order valence-electron chi connectivity index (χ1n) is 5.18. The topological polar surface area (TPSA) is 20.2 Å². The van der Waals surface area contributed by atoms with Gasteiger partial charge in [0.1, 0.15) is 5.75 Å². The molecule has 92 valence electrons.